The fourth-order valence-corrected chi connectivity index (χ4v) is 2.54. The summed E-state index contributed by atoms with van der Waals surface area (Å²) < 4.78 is 0. The number of thioether (sulfide) groups is 1. The van der Waals surface area contributed by atoms with Gasteiger partial charge in [0.1, 0.15) is 5.03 Å². The minimum absolute atomic E-state index is 0.311. The number of nitrogens with one attached hydrogen (secondary N) is 1. The Morgan fingerprint density at radius 3 is 2.68 bits per heavy atom. The molecule has 3 N–H and O–H groups in total. The molecule has 2 aromatic heterocycles. The molecule has 3 rings (SSSR count). The van der Waals surface area contributed by atoms with Crippen molar-refractivity contribution in [3.8, 4) is 11.3 Å². The van der Waals surface area contributed by atoms with Crippen LogP contribution in [0, 0.1) is 0 Å². The SMILES string of the molecule is CSc1ncccc1-c1[nH]nc(N)c1N=Nc1ccccc1. The number of nitrogens with two attached hydrogens (primary N) is 1. The summed E-state index contributed by atoms with van der Waals surface area (Å²) in [7, 11) is 0. The molecular formula is C15H14N6S. The van der Waals surface area contributed by atoms with Gasteiger partial charge >= 0.3 is 0 Å². The maximum atomic E-state index is 5.91. The molecule has 110 valence electrons. The molecule has 0 radical (unpaired) electrons. The van der Waals surface area contributed by atoms with Crippen molar-refractivity contribution in [2.75, 3.05) is 12.0 Å². The van der Waals surface area contributed by atoms with Crippen molar-refractivity contribution in [1.82, 2.24) is 15.2 Å². The fourth-order valence-electron chi connectivity index (χ4n) is 1.99. The highest BCUT2D eigenvalue weighted by molar-refractivity contribution is 7.98. The Labute approximate surface area is 131 Å². The Balaban J connectivity index is 2.03. The normalized spacial score (nSPS) is 11.1. The molecule has 22 heavy (non-hydrogen) atoms. The van der Waals surface area contributed by atoms with E-state index < -0.39 is 0 Å². The molecule has 0 spiro atoms. The van der Waals surface area contributed by atoms with E-state index in [9.17, 15) is 0 Å². The lowest BCUT2D eigenvalue weighted by atomic mass is 10.2. The third-order valence-electron chi connectivity index (χ3n) is 3.02. The van der Waals surface area contributed by atoms with Gasteiger partial charge in [0, 0.05) is 11.8 Å². The predicted octanol–water partition coefficient (Wildman–Crippen LogP) is 4.19. The highest BCUT2D eigenvalue weighted by Crippen LogP contribution is 2.37. The van der Waals surface area contributed by atoms with Gasteiger partial charge in [0.15, 0.2) is 11.5 Å². The molecule has 7 heteroatoms. The first-order valence-electron chi connectivity index (χ1n) is 6.59. The van der Waals surface area contributed by atoms with E-state index in [-0.39, 0.29) is 0 Å². The number of anilines is 1. The van der Waals surface area contributed by atoms with Gasteiger partial charge in [-0.25, -0.2) is 4.98 Å². The number of H-pyrrole nitrogens is 1. The van der Waals surface area contributed by atoms with Gasteiger partial charge in [0.25, 0.3) is 0 Å². The monoisotopic (exact) mass is 310 g/mol. The quantitative estimate of drug-likeness (QED) is 0.558. The highest BCUT2D eigenvalue weighted by atomic mass is 32.2. The average molecular weight is 310 g/mol. The Hall–Kier alpha value is -2.67. The number of benzene rings is 1. The van der Waals surface area contributed by atoms with E-state index in [0.717, 1.165) is 22.0 Å². The van der Waals surface area contributed by atoms with Crippen molar-refractivity contribution in [2.24, 2.45) is 10.2 Å². The summed E-state index contributed by atoms with van der Waals surface area (Å²) >= 11 is 1.55. The molecule has 1 aromatic carbocycles. The molecule has 6 nitrogen and oxygen atoms in total. The standard InChI is InChI=1S/C15H14N6S/c1-22-15-11(8-5-9-17-15)12-13(14(16)21-19-12)20-18-10-6-3-2-4-7-10/h2-9H,1H3,(H3,16,19,21). The van der Waals surface area contributed by atoms with Gasteiger partial charge in [-0.15, -0.1) is 16.9 Å². The Bertz CT molecular complexity index is 797. The molecule has 3 aromatic rings. The number of rotatable bonds is 4. The predicted molar refractivity (Wildman–Crippen MR) is 88.6 cm³/mol. The summed E-state index contributed by atoms with van der Waals surface area (Å²) in [5, 5.41) is 16.3. The molecule has 0 unspecified atom stereocenters. The van der Waals surface area contributed by atoms with Crippen LogP contribution in [0.2, 0.25) is 0 Å². The first-order chi connectivity index (χ1) is 10.8. The van der Waals surface area contributed by atoms with Gasteiger partial charge in [-0.3, -0.25) is 5.10 Å². The van der Waals surface area contributed by atoms with Crippen LogP contribution in [0.3, 0.4) is 0 Å². The molecule has 0 amide bonds. The lowest BCUT2D eigenvalue weighted by Gasteiger charge is -2.04. The summed E-state index contributed by atoms with van der Waals surface area (Å²) in [6.45, 7) is 0. The van der Waals surface area contributed by atoms with Crippen LogP contribution >= 0.6 is 11.8 Å². The maximum absolute atomic E-state index is 5.91. The molecule has 0 aliphatic heterocycles. The van der Waals surface area contributed by atoms with Crippen LogP contribution in [0.1, 0.15) is 0 Å². The van der Waals surface area contributed by atoms with Gasteiger partial charge in [-0.1, -0.05) is 18.2 Å². The third kappa shape index (κ3) is 2.84. The molecule has 0 saturated heterocycles. The first-order valence-corrected chi connectivity index (χ1v) is 7.82. The molecule has 0 bridgehead atoms. The van der Waals surface area contributed by atoms with Crippen molar-refractivity contribution in [1.29, 1.82) is 0 Å². The zero-order valence-electron chi connectivity index (χ0n) is 11.9. The number of hydrogen-bond acceptors (Lipinski definition) is 6. The van der Waals surface area contributed by atoms with Crippen LogP contribution in [0.25, 0.3) is 11.3 Å². The smallest absolute Gasteiger partial charge is 0.173 e. The second-order valence-electron chi connectivity index (χ2n) is 4.43. The van der Waals surface area contributed by atoms with Crippen molar-refractivity contribution in [2.45, 2.75) is 5.03 Å². The number of nitrogens with zero attached hydrogens (tertiary/aromatic N) is 4. The van der Waals surface area contributed by atoms with Gasteiger partial charge in [0.2, 0.25) is 0 Å². The Morgan fingerprint density at radius 1 is 1.09 bits per heavy atom. The van der Waals surface area contributed by atoms with Gasteiger partial charge in [0.05, 0.1) is 11.4 Å². The Morgan fingerprint density at radius 2 is 1.91 bits per heavy atom. The van der Waals surface area contributed by atoms with Crippen LogP contribution in [-0.4, -0.2) is 21.4 Å². The molecule has 0 atom stereocenters. The van der Waals surface area contributed by atoms with Crippen LogP contribution in [0.5, 0.6) is 0 Å². The molecule has 0 fully saturated rings. The topological polar surface area (TPSA) is 92.3 Å². The maximum Gasteiger partial charge on any atom is 0.173 e. The van der Waals surface area contributed by atoms with Gasteiger partial charge in [-0.2, -0.15) is 10.2 Å². The fraction of sp³-hybridized carbons (Fsp3) is 0.0667. The molecule has 0 aliphatic rings. The first kappa shape index (κ1) is 14.3. The molecule has 0 aliphatic carbocycles. The summed E-state index contributed by atoms with van der Waals surface area (Å²) in [5.74, 6) is 0.311. The summed E-state index contributed by atoms with van der Waals surface area (Å²) in [5.41, 5.74) is 8.81. The zero-order valence-corrected chi connectivity index (χ0v) is 12.7. The van der Waals surface area contributed by atoms with E-state index in [1.54, 1.807) is 18.0 Å². The van der Waals surface area contributed by atoms with E-state index in [0.29, 0.717) is 11.5 Å². The van der Waals surface area contributed by atoms with Crippen molar-refractivity contribution in [3.05, 3.63) is 48.7 Å². The average Bonchev–Trinajstić information content (AvgIpc) is 2.94. The van der Waals surface area contributed by atoms with Crippen molar-refractivity contribution < 1.29 is 0 Å². The minimum atomic E-state index is 0.311. The van der Waals surface area contributed by atoms with Crippen LogP contribution in [0.15, 0.2) is 63.9 Å². The third-order valence-corrected chi connectivity index (χ3v) is 3.74. The number of pyridine rings is 1. The second kappa shape index (κ2) is 6.40. The number of hydrogen-bond donors (Lipinski definition) is 2. The van der Waals surface area contributed by atoms with Crippen LogP contribution < -0.4 is 5.73 Å². The molecule has 2 heterocycles. The lowest BCUT2D eigenvalue weighted by molar-refractivity contribution is 1.08. The summed E-state index contributed by atoms with van der Waals surface area (Å²) in [6, 6.07) is 13.3. The van der Waals surface area contributed by atoms with E-state index in [1.165, 1.54) is 0 Å². The van der Waals surface area contributed by atoms with Gasteiger partial charge in [-0.05, 0) is 30.5 Å². The molecular weight excluding hydrogens is 296 g/mol. The highest BCUT2D eigenvalue weighted by Gasteiger charge is 2.15. The number of aromatic nitrogens is 3. The second-order valence-corrected chi connectivity index (χ2v) is 5.22. The molecule has 0 saturated carbocycles. The van der Waals surface area contributed by atoms with E-state index in [2.05, 4.69) is 25.4 Å². The number of aromatic amines is 1. The zero-order chi connectivity index (χ0) is 15.4. The van der Waals surface area contributed by atoms with E-state index in [1.807, 2.05) is 48.7 Å². The van der Waals surface area contributed by atoms with E-state index >= 15 is 0 Å². The van der Waals surface area contributed by atoms with Crippen LogP contribution in [-0.2, 0) is 0 Å². The van der Waals surface area contributed by atoms with Gasteiger partial charge < -0.3 is 5.73 Å². The number of nitrogen functional groups attached to an aromatic ring is 1. The summed E-state index contributed by atoms with van der Waals surface area (Å²) in [6.07, 6.45) is 3.72. The largest absolute Gasteiger partial charge is 0.380 e. The van der Waals surface area contributed by atoms with Crippen LogP contribution in [0.4, 0.5) is 17.2 Å². The van der Waals surface area contributed by atoms with Crippen molar-refractivity contribution >= 4 is 29.0 Å². The van der Waals surface area contributed by atoms with Crippen molar-refractivity contribution in [3.63, 3.8) is 0 Å². The number of azo groups is 1. The van der Waals surface area contributed by atoms with E-state index in [4.69, 9.17) is 5.73 Å². The minimum Gasteiger partial charge on any atom is -0.380 e. The Kier molecular flexibility index (Phi) is 4.15. The summed E-state index contributed by atoms with van der Waals surface area (Å²) in [4.78, 5) is 4.34. The lowest BCUT2D eigenvalue weighted by Crippen LogP contribution is -1.86.